The van der Waals surface area contributed by atoms with E-state index in [9.17, 15) is 4.79 Å². The number of allylic oxidation sites excluding steroid dienone is 1. The molecule has 0 bridgehead atoms. The average Bonchev–Trinajstić information content (AvgIpc) is 2.17. The number of hydrazine groups is 1. The van der Waals surface area contributed by atoms with Crippen molar-refractivity contribution >= 4 is 11.7 Å². The van der Waals surface area contributed by atoms with Crippen LogP contribution in [0.5, 0.6) is 0 Å². The van der Waals surface area contributed by atoms with Crippen molar-refractivity contribution in [3.63, 3.8) is 0 Å². The lowest BCUT2D eigenvalue weighted by atomic mass is 10.5. The zero-order chi connectivity index (χ0) is 9.52. The average molecular weight is 177 g/mol. The highest BCUT2D eigenvalue weighted by atomic mass is 16.2. The van der Waals surface area contributed by atoms with Crippen LogP contribution < -0.4 is 10.9 Å². The van der Waals surface area contributed by atoms with Gasteiger partial charge in [0.1, 0.15) is 5.82 Å². The Hall–Kier alpha value is -1.84. The van der Waals surface area contributed by atoms with Crippen LogP contribution in [0.25, 0.3) is 0 Å². The first-order chi connectivity index (χ1) is 6.33. The summed E-state index contributed by atoms with van der Waals surface area (Å²) in [6.07, 6.45) is 4.73. The Balaban J connectivity index is 2.40. The summed E-state index contributed by atoms with van der Waals surface area (Å²) in [5, 5.41) is 0. The molecule has 1 aromatic rings. The fraction of sp³-hybridized carbons (Fsp3) is 0.111. The van der Waals surface area contributed by atoms with Crippen LogP contribution in [0.4, 0.5) is 5.82 Å². The van der Waals surface area contributed by atoms with Crippen molar-refractivity contribution in [1.82, 2.24) is 10.4 Å². The van der Waals surface area contributed by atoms with E-state index >= 15 is 0 Å². The second-order valence-corrected chi connectivity index (χ2v) is 2.33. The molecule has 1 rings (SSSR count). The SMILES string of the molecule is C/C=C/C(=O)NNc1ccccn1. The summed E-state index contributed by atoms with van der Waals surface area (Å²) in [5.74, 6) is 0.411. The number of pyridine rings is 1. The van der Waals surface area contributed by atoms with Gasteiger partial charge in [0.25, 0.3) is 5.91 Å². The first kappa shape index (κ1) is 9.25. The highest BCUT2D eigenvalue weighted by molar-refractivity contribution is 5.88. The molecule has 0 spiro atoms. The van der Waals surface area contributed by atoms with E-state index < -0.39 is 0 Å². The number of hydrogen-bond acceptors (Lipinski definition) is 3. The third kappa shape index (κ3) is 3.37. The minimum atomic E-state index is -0.201. The molecule has 0 aliphatic carbocycles. The van der Waals surface area contributed by atoms with Gasteiger partial charge in [-0.25, -0.2) is 4.98 Å². The van der Waals surface area contributed by atoms with Gasteiger partial charge in [0.2, 0.25) is 0 Å². The van der Waals surface area contributed by atoms with E-state index in [2.05, 4.69) is 15.8 Å². The number of nitrogens with zero attached hydrogens (tertiary/aromatic N) is 1. The van der Waals surface area contributed by atoms with Crippen molar-refractivity contribution in [2.45, 2.75) is 6.92 Å². The van der Waals surface area contributed by atoms with Crippen molar-refractivity contribution in [2.24, 2.45) is 0 Å². The predicted octanol–water partition coefficient (Wildman–Crippen LogP) is 1.10. The lowest BCUT2D eigenvalue weighted by Gasteiger charge is -2.03. The molecule has 0 aromatic carbocycles. The predicted molar refractivity (Wildman–Crippen MR) is 50.8 cm³/mol. The molecule has 0 aliphatic heterocycles. The van der Waals surface area contributed by atoms with Crippen molar-refractivity contribution < 1.29 is 4.79 Å². The van der Waals surface area contributed by atoms with Crippen LogP contribution in [-0.4, -0.2) is 10.9 Å². The Labute approximate surface area is 76.7 Å². The van der Waals surface area contributed by atoms with Gasteiger partial charge in [0.15, 0.2) is 0 Å². The van der Waals surface area contributed by atoms with E-state index in [1.165, 1.54) is 6.08 Å². The zero-order valence-corrected chi connectivity index (χ0v) is 7.32. The standard InChI is InChI=1S/C9H11N3O/c1-2-5-9(13)12-11-8-6-3-4-7-10-8/h2-7H,1H3,(H,10,11)(H,12,13)/b5-2+. The lowest BCUT2D eigenvalue weighted by Crippen LogP contribution is -2.27. The van der Waals surface area contributed by atoms with Crippen molar-refractivity contribution in [1.29, 1.82) is 0 Å². The number of aromatic nitrogens is 1. The summed E-state index contributed by atoms with van der Waals surface area (Å²) < 4.78 is 0. The molecule has 0 radical (unpaired) electrons. The molecule has 0 atom stereocenters. The number of carbonyl (C=O) groups excluding carboxylic acids is 1. The maximum absolute atomic E-state index is 10.9. The van der Waals surface area contributed by atoms with E-state index in [0.717, 1.165) is 0 Å². The Morgan fingerprint density at radius 2 is 2.38 bits per heavy atom. The summed E-state index contributed by atoms with van der Waals surface area (Å²) in [6.45, 7) is 1.78. The van der Waals surface area contributed by atoms with Gasteiger partial charge in [0, 0.05) is 12.3 Å². The van der Waals surface area contributed by atoms with Crippen molar-refractivity contribution in [2.75, 3.05) is 5.43 Å². The van der Waals surface area contributed by atoms with E-state index in [1.54, 1.807) is 31.3 Å². The van der Waals surface area contributed by atoms with Gasteiger partial charge < -0.3 is 0 Å². The van der Waals surface area contributed by atoms with Gasteiger partial charge in [0.05, 0.1) is 0 Å². The van der Waals surface area contributed by atoms with Gasteiger partial charge in [-0.3, -0.25) is 15.6 Å². The van der Waals surface area contributed by atoms with Crippen molar-refractivity contribution in [3.05, 3.63) is 36.5 Å². The van der Waals surface area contributed by atoms with Gasteiger partial charge in [-0.15, -0.1) is 0 Å². The largest absolute Gasteiger partial charge is 0.282 e. The normalized spacial score (nSPS) is 9.92. The third-order valence-corrected chi connectivity index (χ3v) is 1.30. The molecule has 0 aliphatic rings. The Kier molecular flexibility index (Phi) is 3.50. The van der Waals surface area contributed by atoms with E-state index in [0.29, 0.717) is 5.82 Å². The van der Waals surface area contributed by atoms with Crippen LogP contribution in [0, 0.1) is 0 Å². The molecule has 0 saturated heterocycles. The molecule has 0 unspecified atom stereocenters. The molecule has 2 N–H and O–H groups in total. The lowest BCUT2D eigenvalue weighted by molar-refractivity contribution is -0.116. The van der Waals surface area contributed by atoms with Gasteiger partial charge in [-0.1, -0.05) is 12.1 Å². The molecule has 1 amide bonds. The molecule has 0 saturated carbocycles. The molecule has 1 aromatic heterocycles. The number of anilines is 1. The fourth-order valence-electron chi connectivity index (χ4n) is 0.755. The van der Waals surface area contributed by atoms with Crippen LogP contribution in [0.1, 0.15) is 6.92 Å². The van der Waals surface area contributed by atoms with E-state index in [-0.39, 0.29) is 5.91 Å². The fourth-order valence-corrected chi connectivity index (χ4v) is 0.755. The van der Waals surface area contributed by atoms with Crippen LogP contribution in [0.2, 0.25) is 0 Å². The third-order valence-electron chi connectivity index (χ3n) is 1.30. The van der Waals surface area contributed by atoms with Crippen LogP contribution in [0.3, 0.4) is 0 Å². The van der Waals surface area contributed by atoms with Gasteiger partial charge >= 0.3 is 0 Å². The summed E-state index contributed by atoms with van der Waals surface area (Å²) in [6, 6.07) is 5.39. The number of hydrogen-bond donors (Lipinski definition) is 2. The van der Waals surface area contributed by atoms with Gasteiger partial charge in [-0.2, -0.15) is 0 Å². The molecule has 4 heteroatoms. The maximum atomic E-state index is 10.9. The number of amides is 1. The summed E-state index contributed by atoms with van der Waals surface area (Å²) >= 11 is 0. The number of nitrogens with one attached hydrogen (secondary N) is 2. The summed E-state index contributed by atoms with van der Waals surface area (Å²) in [7, 11) is 0. The smallest absolute Gasteiger partial charge is 0.262 e. The number of rotatable bonds is 3. The molecule has 1 heterocycles. The Bertz CT molecular complexity index is 295. The van der Waals surface area contributed by atoms with Crippen LogP contribution in [0.15, 0.2) is 36.5 Å². The van der Waals surface area contributed by atoms with Crippen LogP contribution >= 0.6 is 0 Å². The zero-order valence-electron chi connectivity index (χ0n) is 7.32. The molecule has 0 fully saturated rings. The van der Waals surface area contributed by atoms with Crippen molar-refractivity contribution in [3.8, 4) is 0 Å². The van der Waals surface area contributed by atoms with E-state index in [4.69, 9.17) is 0 Å². The van der Waals surface area contributed by atoms with Gasteiger partial charge in [-0.05, 0) is 19.1 Å². The first-order valence-corrected chi connectivity index (χ1v) is 3.92. The topological polar surface area (TPSA) is 54.0 Å². The molecule has 13 heavy (non-hydrogen) atoms. The highest BCUT2D eigenvalue weighted by Gasteiger charge is 1.93. The minimum Gasteiger partial charge on any atom is -0.282 e. The Morgan fingerprint density at radius 1 is 1.54 bits per heavy atom. The van der Waals surface area contributed by atoms with E-state index in [1.807, 2.05) is 6.07 Å². The summed E-state index contributed by atoms with van der Waals surface area (Å²) in [4.78, 5) is 14.9. The number of carbonyl (C=O) groups is 1. The quantitative estimate of drug-likeness (QED) is 0.537. The highest BCUT2D eigenvalue weighted by Crippen LogP contribution is 1.96. The maximum Gasteiger partial charge on any atom is 0.262 e. The second-order valence-electron chi connectivity index (χ2n) is 2.33. The Morgan fingerprint density at radius 3 is 3.00 bits per heavy atom. The first-order valence-electron chi connectivity index (χ1n) is 3.92. The molecule has 4 nitrogen and oxygen atoms in total. The van der Waals surface area contributed by atoms with Crippen LogP contribution in [-0.2, 0) is 4.79 Å². The summed E-state index contributed by atoms with van der Waals surface area (Å²) in [5.41, 5.74) is 5.13. The molecular weight excluding hydrogens is 166 g/mol. The second kappa shape index (κ2) is 4.92. The molecule has 68 valence electrons. The monoisotopic (exact) mass is 177 g/mol. The minimum absolute atomic E-state index is 0.201. The molecular formula is C9H11N3O.